The van der Waals surface area contributed by atoms with Crippen molar-refractivity contribution in [1.82, 2.24) is 5.16 Å². The number of aromatic carboxylic acids is 1. The van der Waals surface area contributed by atoms with Gasteiger partial charge >= 0.3 is 5.97 Å². The van der Waals surface area contributed by atoms with Crippen molar-refractivity contribution in [3.8, 4) is 22.8 Å². The Kier molecular flexibility index (Phi) is 2.95. The summed E-state index contributed by atoms with van der Waals surface area (Å²) in [6.45, 7) is 0. The summed E-state index contributed by atoms with van der Waals surface area (Å²) in [4.78, 5) is 10.6. The summed E-state index contributed by atoms with van der Waals surface area (Å²) >= 11 is 2.84. The number of nitrogens with zero attached hydrogens (tertiary/aromatic N) is 1. The van der Waals surface area contributed by atoms with Crippen LogP contribution in [0.2, 0.25) is 0 Å². The monoisotopic (exact) mass is 317 g/mol. The van der Waals surface area contributed by atoms with Crippen LogP contribution in [0.25, 0.3) is 11.3 Å². The van der Waals surface area contributed by atoms with Crippen LogP contribution in [0.5, 0.6) is 11.5 Å². The number of hydrogen-bond donors (Lipinski definition) is 3. The van der Waals surface area contributed by atoms with Crippen molar-refractivity contribution in [3.05, 3.63) is 28.1 Å². The topological polar surface area (TPSA) is 104 Å². The predicted molar refractivity (Wildman–Crippen MR) is 59.9 cm³/mol. The Labute approximate surface area is 107 Å². The van der Waals surface area contributed by atoms with Crippen LogP contribution in [0.1, 0.15) is 10.5 Å². The average molecular weight is 318 g/mol. The highest BCUT2D eigenvalue weighted by molar-refractivity contribution is 9.10. The number of carboxylic acids is 1. The molecule has 3 N–H and O–H groups in total. The third-order valence-corrected chi connectivity index (χ3v) is 2.72. The second kappa shape index (κ2) is 4.30. The molecule has 0 spiro atoms. The number of aromatic nitrogens is 1. The van der Waals surface area contributed by atoms with Gasteiger partial charge in [0.25, 0.3) is 0 Å². The lowest BCUT2D eigenvalue weighted by atomic mass is 10.1. The Morgan fingerprint density at radius 2 is 2.06 bits per heavy atom. The van der Waals surface area contributed by atoms with Crippen molar-refractivity contribution in [1.29, 1.82) is 0 Å². The zero-order valence-electron chi connectivity index (χ0n) is 8.52. The van der Waals surface area contributed by atoms with Crippen molar-refractivity contribution in [2.24, 2.45) is 0 Å². The summed E-state index contributed by atoms with van der Waals surface area (Å²) < 4.78 is 18.3. The van der Waals surface area contributed by atoms with Gasteiger partial charge in [-0.2, -0.15) is 0 Å². The minimum absolute atomic E-state index is 0.110. The van der Waals surface area contributed by atoms with Gasteiger partial charge in [0, 0.05) is 12.1 Å². The standard InChI is InChI=1S/C10H5BrFNO5/c11-3-1-5(14)9(15)7(8(3)12)6-2-4(10(16)17)13-18-6/h1-2,14-15H,(H,16,17). The molecule has 1 aromatic heterocycles. The molecule has 94 valence electrons. The average Bonchev–Trinajstić information content (AvgIpc) is 2.76. The molecule has 0 saturated carbocycles. The maximum absolute atomic E-state index is 13.8. The van der Waals surface area contributed by atoms with Crippen LogP contribution < -0.4 is 0 Å². The minimum Gasteiger partial charge on any atom is -0.504 e. The number of carbonyl (C=O) groups is 1. The molecule has 2 rings (SSSR count). The lowest BCUT2D eigenvalue weighted by Gasteiger charge is -2.06. The number of hydrogen-bond acceptors (Lipinski definition) is 5. The second-order valence-electron chi connectivity index (χ2n) is 3.30. The van der Waals surface area contributed by atoms with Crippen LogP contribution in [-0.4, -0.2) is 26.4 Å². The minimum atomic E-state index is -1.36. The molecule has 0 aliphatic rings. The van der Waals surface area contributed by atoms with Crippen molar-refractivity contribution < 1.29 is 29.0 Å². The maximum atomic E-state index is 13.8. The van der Waals surface area contributed by atoms with Gasteiger partial charge in [-0.25, -0.2) is 9.18 Å². The zero-order chi connectivity index (χ0) is 13.4. The van der Waals surface area contributed by atoms with Gasteiger partial charge in [-0.1, -0.05) is 5.16 Å². The van der Waals surface area contributed by atoms with E-state index in [0.717, 1.165) is 12.1 Å². The van der Waals surface area contributed by atoms with Gasteiger partial charge in [0.2, 0.25) is 0 Å². The van der Waals surface area contributed by atoms with Crippen LogP contribution >= 0.6 is 15.9 Å². The third-order valence-electron chi connectivity index (χ3n) is 2.15. The Morgan fingerprint density at radius 1 is 1.39 bits per heavy atom. The Morgan fingerprint density at radius 3 is 2.61 bits per heavy atom. The number of halogens is 2. The van der Waals surface area contributed by atoms with E-state index in [9.17, 15) is 19.4 Å². The molecule has 0 fully saturated rings. The summed E-state index contributed by atoms with van der Waals surface area (Å²) in [6, 6.07) is 1.90. The van der Waals surface area contributed by atoms with Gasteiger partial charge in [0.05, 0.1) is 4.47 Å². The third kappa shape index (κ3) is 1.90. The number of carboxylic acid groups (broad SMARTS) is 1. The fourth-order valence-electron chi connectivity index (χ4n) is 1.32. The summed E-state index contributed by atoms with van der Waals surface area (Å²) in [5.41, 5.74) is -0.912. The summed E-state index contributed by atoms with van der Waals surface area (Å²) in [7, 11) is 0. The normalized spacial score (nSPS) is 10.6. The van der Waals surface area contributed by atoms with Gasteiger partial charge < -0.3 is 19.8 Å². The first-order chi connectivity index (χ1) is 8.41. The first-order valence-electron chi connectivity index (χ1n) is 4.52. The molecule has 1 heterocycles. The Balaban J connectivity index is 2.66. The molecule has 2 aromatic rings. The number of benzene rings is 1. The van der Waals surface area contributed by atoms with Crippen molar-refractivity contribution in [2.75, 3.05) is 0 Å². The lowest BCUT2D eigenvalue weighted by Crippen LogP contribution is -1.94. The molecule has 1 aromatic carbocycles. The number of aromatic hydroxyl groups is 2. The highest BCUT2D eigenvalue weighted by Gasteiger charge is 2.23. The molecular weight excluding hydrogens is 313 g/mol. The van der Waals surface area contributed by atoms with E-state index < -0.39 is 34.5 Å². The van der Waals surface area contributed by atoms with Crippen LogP contribution in [0, 0.1) is 5.82 Å². The van der Waals surface area contributed by atoms with Crippen LogP contribution in [0.3, 0.4) is 0 Å². The fraction of sp³-hybridized carbons (Fsp3) is 0. The Hall–Kier alpha value is -2.09. The van der Waals surface area contributed by atoms with E-state index in [1.165, 1.54) is 0 Å². The second-order valence-corrected chi connectivity index (χ2v) is 4.15. The summed E-state index contributed by atoms with van der Waals surface area (Å²) in [6.07, 6.45) is 0. The van der Waals surface area contributed by atoms with E-state index in [1.54, 1.807) is 0 Å². The van der Waals surface area contributed by atoms with Crippen molar-refractivity contribution >= 4 is 21.9 Å². The zero-order valence-corrected chi connectivity index (χ0v) is 10.1. The molecule has 0 atom stereocenters. The molecule has 0 saturated heterocycles. The van der Waals surface area contributed by atoms with E-state index >= 15 is 0 Å². The highest BCUT2D eigenvalue weighted by atomic mass is 79.9. The molecule has 0 unspecified atom stereocenters. The molecule has 0 amide bonds. The Bertz CT molecular complexity index is 613. The molecule has 6 nitrogen and oxygen atoms in total. The van der Waals surface area contributed by atoms with Crippen molar-refractivity contribution in [3.63, 3.8) is 0 Å². The number of phenolic OH excluding ortho intramolecular Hbond substituents is 2. The smallest absolute Gasteiger partial charge is 0.358 e. The van der Waals surface area contributed by atoms with Gasteiger partial charge in [0.15, 0.2) is 28.8 Å². The number of phenols is 2. The predicted octanol–water partition coefficient (Wildman–Crippen LogP) is 2.35. The van der Waals surface area contributed by atoms with Gasteiger partial charge in [-0.05, 0) is 15.9 Å². The first kappa shape index (κ1) is 12.4. The van der Waals surface area contributed by atoms with E-state index in [4.69, 9.17) is 5.11 Å². The molecule has 0 aliphatic heterocycles. The fourth-order valence-corrected chi connectivity index (χ4v) is 1.74. The molecule has 18 heavy (non-hydrogen) atoms. The van der Waals surface area contributed by atoms with E-state index in [0.29, 0.717) is 0 Å². The van der Waals surface area contributed by atoms with Gasteiger partial charge in [0.1, 0.15) is 5.56 Å². The van der Waals surface area contributed by atoms with E-state index in [1.807, 2.05) is 0 Å². The maximum Gasteiger partial charge on any atom is 0.358 e. The summed E-state index contributed by atoms with van der Waals surface area (Å²) in [5, 5.41) is 30.8. The molecule has 8 heteroatoms. The van der Waals surface area contributed by atoms with Gasteiger partial charge in [-0.15, -0.1) is 0 Å². The highest BCUT2D eigenvalue weighted by Crippen LogP contribution is 2.42. The van der Waals surface area contributed by atoms with Crippen LogP contribution in [-0.2, 0) is 0 Å². The van der Waals surface area contributed by atoms with Gasteiger partial charge in [-0.3, -0.25) is 0 Å². The number of rotatable bonds is 2. The summed E-state index contributed by atoms with van der Waals surface area (Å²) in [5.74, 6) is -3.91. The molecular formula is C10H5BrFNO5. The lowest BCUT2D eigenvalue weighted by molar-refractivity contribution is 0.0686. The molecule has 0 bridgehead atoms. The van der Waals surface area contributed by atoms with Crippen LogP contribution in [0.4, 0.5) is 4.39 Å². The largest absolute Gasteiger partial charge is 0.504 e. The SMILES string of the molecule is O=C(O)c1cc(-c2c(O)c(O)cc(Br)c2F)on1. The van der Waals surface area contributed by atoms with Crippen LogP contribution in [0.15, 0.2) is 21.1 Å². The van der Waals surface area contributed by atoms with E-state index in [-0.39, 0.29) is 10.2 Å². The van der Waals surface area contributed by atoms with Crippen molar-refractivity contribution in [2.45, 2.75) is 0 Å². The molecule has 0 radical (unpaired) electrons. The molecule has 0 aliphatic carbocycles. The van der Waals surface area contributed by atoms with E-state index in [2.05, 4.69) is 25.6 Å². The first-order valence-corrected chi connectivity index (χ1v) is 5.31. The quantitative estimate of drug-likeness (QED) is 0.734.